The summed E-state index contributed by atoms with van der Waals surface area (Å²) >= 11 is 5.84. The molecular weight excluding hydrogens is 228 g/mol. The van der Waals surface area contributed by atoms with Crippen LogP contribution in [0.25, 0.3) is 5.69 Å². The van der Waals surface area contributed by atoms with Gasteiger partial charge in [0.1, 0.15) is 0 Å². The normalized spacial score (nSPS) is 10.1. The van der Waals surface area contributed by atoms with Gasteiger partial charge in [-0.3, -0.25) is 14.3 Å². The summed E-state index contributed by atoms with van der Waals surface area (Å²) in [6.07, 6.45) is 4.82. The fourth-order valence-corrected chi connectivity index (χ4v) is 1.59. The lowest BCUT2D eigenvalue weighted by molar-refractivity contribution is 0.406. The van der Waals surface area contributed by atoms with Gasteiger partial charge in [0.05, 0.1) is 24.0 Å². The zero-order chi connectivity index (χ0) is 11.5. The Morgan fingerprint density at radius 3 is 2.88 bits per heavy atom. The van der Waals surface area contributed by atoms with Crippen molar-refractivity contribution >= 4 is 11.6 Å². The number of nitrogens with zero attached hydrogens (tertiary/aromatic N) is 2. The number of ether oxygens (including phenoxy) is 1. The van der Waals surface area contributed by atoms with E-state index in [2.05, 4.69) is 4.98 Å². The second-order valence-electron chi connectivity index (χ2n) is 3.08. The highest BCUT2D eigenvalue weighted by atomic mass is 35.5. The third-order valence-corrected chi connectivity index (χ3v) is 2.43. The summed E-state index contributed by atoms with van der Waals surface area (Å²) in [5, 5.41) is 0.299. The van der Waals surface area contributed by atoms with E-state index in [0.29, 0.717) is 10.7 Å². The van der Waals surface area contributed by atoms with E-state index in [0.717, 1.165) is 0 Å². The lowest BCUT2D eigenvalue weighted by Gasteiger charge is -2.08. The predicted molar refractivity (Wildman–Crippen MR) is 61.4 cm³/mol. The summed E-state index contributed by atoms with van der Waals surface area (Å²) in [5.74, 6) is 0.132. The van der Waals surface area contributed by atoms with Gasteiger partial charge < -0.3 is 4.74 Å². The number of hydrogen-bond donors (Lipinski definition) is 0. The van der Waals surface area contributed by atoms with Gasteiger partial charge in [-0.15, -0.1) is 0 Å². The van der Waals surface area contributed by atoms with Gasteiger partial charge in [0.25, 0.3) is 5.56 Å². The Morgan fingerprint density at radius 2 is 2.25 bits per heavy atom. The molecule has 0 fully saturated rings. The van der Waals surface area contributed by atoms with Crippen molar-refractivity contribution < 1.29 is 4.74 Å². The summed E-state index contributed by atoms with van der Waals surface area (Å²) in [6.45, 7) is 0. The van der Waals surface area contributed by atoms with Crippen LogP contribution in [0, 0.1) is 0 Å². The maximum atomic E-state index is 11.9. The van der Waals surface area contributed by atoms with Crippen LogP contribution in [0.4, 0.5) is 0 Å². The third kappa shape index (κ3) is 1.79. The van der Waals surface area contributed by atoms with Crippen LogP contribution in [-0.4, -0.2) is 16.7 Å². The molecule has 0 N–H and O–H groups in total. The SMILES string of the molecule is COc1c(Cl)ccn(-c2cccnc2)c1=O. The van der Waals surface area contributed by atoms with Crippen molar-refractivity contribution in [3.63, 3.8) is 0 Å². The highest BCUT2D eigenvalue weighted by molar-refractivity contribution is 6.31. The van der Waals surface area contributed by atoms with Gasteiger partial charge in [0.2, 0.25) is 5.75 Å². The minimum absolute atomic E-state index is 0.132. The van der Waals surface area contributed by atoms with Crippen LogP contribution < -0.4 is 10.3 Å². The fourth-order valence-electron chi connectivity index (χ4n) is 1.38. The van der Waals surface area contributed by atoms with E-state index < -0.39 is 0 Å². The molecule has 0 radical (unpaired) electrons. The second kappa shape index (κ2) is 4.37. The topological polar surface area (TPSA) is 44.1 Å². The van der Waals surface area contributed by atoms with Crippen molar-refractivity contribution in [2.24, 2.45) is 0 Å². The predicted octanol–water partition coefficient (Wildman–Crippen LogP) is 1.89. The fraction of sp³-hybridized carbons (Fsp3) is 0.0909. The summed E-state index contributed by atoms with van der Waals surface area (Å²) in [7, 11) is 1.41. The molecule has 0 unspecified atom stereocenters. The van der Waals surface area contributed by atoms with Crippen LogP contribution >= 0.6 is 11.6 Å². The van der Waals surface area contributed by atoms with Gasteiger partial charge in [-0.25, -0.2) is 0 Å². The van der Waals surface area contributed by atoms with Gasteiger partial charge in [-0.2, -0.15) is 0 Å². The van der Waals surface area contributed by atoms with Crippen LogP contribution in [0.2, 0.25) is 5.02 Å². The molecule has 0 aromatic carbocycles. The van der Waals surface area contributed by atoms with E-state index in [1.54, 1.807) is 36.8 Å². The van der Waals surface area contributed by atoms with E-state index in [9.17, 15) is 4.79 Å². The van der Waals surface area contributed by atoms with E-state index >= 15 is 0 Å². The number of rotatable bonds is 2. The zero-order valence-corrected chi connectivity index (χ0v) is 9.31. The van der Waals surface area contributed by atoms with Crippen LogP contribution in [0.1, 0.15) is 0 Å². The highest BCUT2D eigenvalue weighted by Crippen LogP contribution is 2.19. The first-order chi connectivity index (χ1) is 7.74. The molecule has 2 aromatic rings. The standard InChI is InChI=1S/C11H9ClN2O2/c1-16-10-9(12)4-6-14(11(10)15)8-3-2-5-13-7-8/h2-7H,1H3. The molecule has 0 spiro atoms. The van der Waals surface area contributed by atoms with Crippen LogP contribution in [0.15, 0.2) is 41.6 Å². The molecule has 2 heterocycles. The van der Waals surface area contributed by atoms with Crippen molar-refractivity contribution in [2.75, 3.05) is 7.11 Å². The maximum Gasteiger partial charge on any atom is 0.299 e. The number of hydrogen-bond acceptors (Lipinski definition) is 3. The smallest absolute Gasteiger partial charge is 0.299 e. The molecule has 0 aliphatic carbocycles. The van der Waals surface area contributed by atoms with Gasteiger partial charge in [-0.05, 0) is 18.2 Å². The second-order valence-corrected chi connectivity index (χ2v) is 3.49. The van der Waals surface area contributed by atoms with E-state index in [-0.39, 0.29) is 11.3 Å². The van der Waals surface area contributed by atoms with Gasteiger partial charge >= 0.3 is 0 Å². The molecular formula is C11H9ClN2O2. The van der Waals surface area contributed by atoms with Crippen molar-refractivity contribution in [2.45, 2.75) is 0 Å². The lowest BCUT2D eigenvalue weighted by Crippen LogP contribution is -2.19. The summed E-state index contributed by atoms with van der Waals surface area (Å²) in [6, 6.07) is 5.14. The first-order valence-electron chi connectivity index (χ1n) is 4.59. The van der Waals surface area contributed by atoms with E-state index in [1.165, 1.54) is 11.7 Å². The Labute approximate surface area is 97.1 Å². The number of methoxy groups -OCH3 is 1. The van der Waals surface area contributed by atoms with Crippen LogP contribution in [0.5, 0.6) is 5.75 Å². The van der Waals surface area contributed by atoms with Crippen molar-refractivity contribution in [3.05, 3.63) is 52.2 Å². The molecule has 2 aromatic heterocycles. The minimum Gasteiger partial charge on any atom is -0.490 e. The molecule has 0 amide bonds. The number of halogens is 1. The molecule has 0 saturated carbocycles. The van der Waals surface area contributed by atoms with Gasteiger partial charge in [-0.1, -0.05) is 11.6 Å². The van der Waals surface area contributed by atoms with Gasteiger partial charge in [0.15, 0.2) is 0 Å². The Kier molecular flexibility index (Phi) is 2.92. The Bertz CT molecular complexity index is 552. The molecule has 2 rings (SSSR count). The summed E-state index contributed by atoms with van der Waals surface area (Å²) < 4.78 is 6.38. The Morgan fingerprint density at radius 1 is 1.44 bits per heavy atom. The van der Waals surface area contributed by atoms with Crippen molar-refractivity contribution in [1.29, 1.82) is 0 Å². The summed E-state index contributed by atoms with van der Waals surface area (Å²) in [4.78, 5) is 15.9. The number of pyridine rings is 2. The van der Waals surface area contributed by atoms with Gasteiger partial charge in [0, 0.05) is 12.4 Å². The molecule has 0 atom stereocenters. The minimum atomic E-state index is -0.303. The largest absolute Gasteiger partial charge is 0.490 e. The zero-order valence-electron chi connectivity index (χ0n) is 8.55. The molecule has 5 heteroatoms. The average Bonchev–Trinajstić information content (AvgIpc) is 2.31. The monoisotopic (exact) mass is 236 g/mol. The Hall–Kier alpha value is -1.81. The van der Waals surface area contributed by atoms with Crippen molar-refractivity contribution in [1.82, 2.24) is 9.55 Å². The van der Waals surface area contributed by atoms with Crippen molar-refractivity contribution in [3.8, 4) is 11.4 Å². The molecule has 82 valence electrons. The first kappa shape index (κ1) is 10.7. The molecule has 0 saturated heterocycles. The highest BCUT2D eigenvalue weighted by Gasteiger charge is 2.09. The molecule has 0 aliphatic heterocycles. The first-order valence-corrected chi connectivity index (χ1v) is 4.97. The average molecular weight is 237 g/mol. The van der Waals surface area contributed by atoms with Crippen LogP contribution in [0.3, 0.4) is 0 Å². The maximum absolute atomic E-state index is 11.9. The number of aromatic nitrogens is 2. The third-order valence-electron chi connectivity index (χ3n) is 2.13. The molecule has 4 nitrogen and oxygen atoms in total. The molecule has 0 aliphatic rings. The molecule has 0 bridgehead atoms. The quantitative estimate of drug-likeness (QED) is 0.800. The van der Waals surface area contributed by atoms with Crippen LogP contribution in [-0.2, 0) is 0 Å². The lowest BCUT2D eigenvalue weighted by atomic mass is 10.3. The molecule has 16 heavy (non-hydrogen) atoms. The Balaban J connectivity index is 2.64. The van der Waals surface area contributed by atoms with E-state index in [1.807, 2.05) is 0 Å². The van der Waals surface area contributed by atoms with E-state index in [4.69, 9.17) is 16.3 Å². The summed E-state index contributed by atoms with van der Waals surface area (Å²) in [5.41, 5.74) is 0.366.